The van der Waals surface area contributed by atoms with Gasteiger partial charge in [-0.05, 0) is 18.9 Å². The summed E-state index contributed by atoms with van der Waals surface area (Å²) >= 11 is 0. The Labute approximate surface area is 109 Å². The van der Waals surface area contributed by atoms with Crippen molar-refractivity contribution in [3.05, 3.63) is 29.8 Å². The molecule has 0 bridgehead atoms. The third-order valence-corrected chi connectivity index (χ3v) is 3.71. The van der Waals surface area contributed by atoms with Gasteiger partial charge >= 0.3 is 0 Å². The van der Waals surface area contributed by atoms with Crippen LogP contribution in [0.2, 0.25) is 0 Å². The van der Waals surface area contributed by atoms with E-state index < -0.39 is 0 Å². The molecule has 3 nitrogen and oxygen atoms in total. The predicted molar refractivity (Wildman–Crippen MR) is 73.9 cm³/mol. The Kier molecular flexibility index (Phi) is 4.61. The number of ether oxygens (including phenoxy) is 1. The summed E-state index contributed by atoms with van der Waals surface area (Å²) in [7, 11) is 1.76. The average molecular weight is 249 g/mol. The van der Waals surface area contributed by atoms with Crippen molar-refractivity contribution in [2.75, 3.05) is 31.7 Å². The molecule has 100 valence electrons. The Morgan fingerprint density at radius 2 is 2.22 bits per heavy atom. The monoisotopic (exact) mass is 249 g/mol. The molecule has 1 aliphatic heterocycles. The van der Waals surface area contributed by atoms with Crippen LogP contribution < -0.4 is 4.90 Å². The van der Waals surface area contributed by atoms with Gasteiger partial charge in [0.2, 0.25) is 0 Å². The number of benzene rings is 1. The Bertz CT molecular complexity index is 381. The summed E-state index contributed by atoms with van der Waals surface area (Å²) in [6.07, 6.45) is 1.57. The van der Waals surface area contributed by atoms with E-state index >= 15 is 0 Å². The minimum Gasteiger partial charge on any atom is -0.388 e. The second-order valence-electron chi connectivity index (χ2n) is 5.04. The van der Waals surface area contributed by atoms with E-state index in [-0.39, 0.29) is 6.10 Å². The van der Waals surface area contributed by atoms with E-state index in [1.54, 1.807) is 7.11 Å². The molecule has 1 saturated heterocycles. The third kappa shape index (κ3) is 2.85. The molecule has 0 spiro atoms. The van der Waals surface area contributed by atoms with Crippen molar-refractivity contribution in [2.24, 2.45) is 5.92 Å². The van der Waals surface area contributed by atoms with Gasteiger partial charge in [-0.3, -0.25) is 0 Å². The molecule has 0 aromatic heterocycles. The molecule has 1 fully saturated rings. The Morgan fingerprint density at radius 1 is 1.44 bits per heavy atom. The van der Waals surface area contributed by atoms with Crippen molar-refractivity contribution < 1.29 is 9.84 Å². The van der Waals surface area contributed by atoms with Gasteiger partial charge in [-0.2, -0.15) is 0 Å². The van der Waals surface area contributed by atoms with E-state index in [9.17, 15) is 5.11 Å². The van der Waals surface area contributed by atoms with E-state index in [1.165, 1.54) is 12.1 Å². The smallest absolute Gasteiger partial charge is 0.0807 e. The number of hydrogen-bond acceptors (Lipinski definition) is 3. The van der Waals surface area contributed by atoms with Crippen LogP contribution in [0.3, 0.4) is 0 Å². The molecule has 2 rings (SSSR count). The first-order valence-electron chi connectivity index (χ1n) is 6.77. The van der Waals surface area contributed by atoms with Crippen LogP contribution in [0.4, 0.5) is 5.69 Å². The van der Waals surface area contributed by atoms with Crippen LogP contribution in [-0.2, 0) is 4.74 Å². The number of aliphatic hydroxyl groups is 1. The van der Waals surface area contributed by atoms with Crippen molar-refractivity contribution in [3.63, 3.8) is 0 Å². The van der Waals surface area contributed by atoms with E-state index in [4.69, 9.17) is 4.74 Å². The van der Waals surface area contributed by atoms with Crippen LogP contribution in [0.1, 0.15) is 31.4 Å². The molecule has 0 amide bonds. The molecule has 0 aliphatic carbocycles. The Hall–Kier alpha value is -1.06. The molecular weight excluding hydrogens is 226 g/mol. The van der Waals surface area contributed by atoms with Gasteiger partial charge in [0.25, 0.3) is 0 Å². The fourth-order valence-corrected chi connectivity index (χ4v) is 2.70. The lowest BCUT2D eigenvalue weighted by atomic mass is 10.0. The highest BCUT2D eigenvalue weighted by Gasteiger charge is 2.25. The molecule has 2 atom stereocenters. The molecule has 0 radical (unpaired) electrons. The van der Waals surface area contributed by atoms with Crippen LogP contribution in [0.15, 0.2) is 24.3 Å². The molecule has 1 aromatic carbocycles. The van der Waals surface area contributed by atoms with Gasteiger partial charge in [-0.25, -0.2) is 0 Å². The second kappa shape index (κ2) is 6.21. The lowest BCUT2D eigenvalue weighted by molar-refractivity contribution is 0.160. The quantitative estimate of drug-likeness (QED) is 0.870. The SMILES string of the molecule is CC[C@@H](O)c1ccccc1N1CCC(COC)C1. The zero-order valence-corrected chi connectivity index (χ0v) is 11.3. The highest BCUT2D eigenvalue weighted by atomic mass is 16.5. The Morgan fingerprint density at radius 3 is 2.94 bits per heavy atom. The number of methoxy groups -OCH3 is 1. The van der Waals surface area contributed by atoms with Crippen LogP contribution >= 0.6 is 0 Å². The van der Waals surface area contributed by atoms with Gasteiger partial charge in [-0.1, -0.05) is 25.1 Å². The first-order chi connectivity index (χ1) is 8.76. The fourth-order valence-electron chi connectivity index (χ4n) is 2.70. The molecular formula is C15H23NO2. The number of para-hydroxylation sites is 1. The lowest BCUT2D eigenvalue weighted by Gasteiger charge is -2.24. The van der Waals surface area contributed by atoms with Crippen molar-refractivity contribution in [2.45, 2.75) is 25.9 Å². The molecule has 3 heteroatoms. The summed E-state index contributed by atoms with van der Waals surface area (Å²) in [6.45, 7) is 4.93. The summed E-state index contributed by atoms with van der Waals surface area (Å²) in [6, 6.07) is 8.20. The van der Waals surface area contributed by atoms with Crippen LogP contribution in [0.25, 0.3) is 0 Å². The molecule has 18 heavy (non-hydrogen) atoms. The van der Waals surface area contributed by atoms with Gasteiger partial charge in [-0.15, -0.1) is 0 Å². The lowest BCUT2D eigenvalue weighted by Crippen LogP contribution is -2.22. The van der Waals surface area contributed by atoms with E-state index in [0.717, 1.165) is 31.7 Å². The maximum Gasteiger partial charge on any atom is 0.0807 e. The highest BCUT2D eigenvalue weighted by Crippen LogP contribution is 2.31. The van der Waals surface area contributed by atoms with Gasteiger partial charge in [0.15, 0.2) is 0 Å². The molecule has 1 aliphatic rings. The van der Waals surface area contributed by atoms with Crippen LogP contribution in [0, 0.1) is 5.92 Å². The van der Waals surface area contributed by atoms with Crippen LogP contribution in [0.5, 0.6) is 0 Å². The van der Waals surface area contributed by atoms with E-state index in [0.29, 0.717) is 5.92 Å². The number of anilines is 1. The van der Waals surface area contributed by atoms with Gasteiger partial charge in [0.05, 0.1) is 12.7 Å². The maximum atomic E-state index is 10.1. The molecule has 1 aromatic rings. The van der Waals surface area contributed by atoms with Gasteiger partial charge in [0.1, 0.15) is 0 Å². The van der Waals surface area contributed by atoms with E-state index in [2.05, 4.69) is 11.0 Å². The second-order valence-corrected chi connectivity index (χ2v) is 5.04. The highest BCUT2D eigenvalue weighted by molar-refractivity contribution is 5.55. The number of rotatable bonds is 5. The van der Waals surface area contributed by atoms with Crippen LogP contribution in [-0.4, -0.2) is 31.9 Å². The fraction of sp³-hybridized carbons (Fsp3) is 0.600. The third-order valence-electron chi connectivity index (χ3n) is 3.71. The summed E-state index contributed by atoms with van der Waals surface area (Å²) in [5.74, 6) is 0.613. The van der Waals surface area contributed by atoms with Gasteiger partial charge in [0, 0.05) is 37.4 Å². The van der Waals surface area contributed by atoms with Crippen molar-refractivity contribution >= 4 is 5.69 Å². The predicted octanol–water partition coefficient (Wildman–Crippen LogP) is 2.60. The molecule has 1 N–H and O–H groups in total. The summed E-state index contributed by atoms with van der Waals surface area (Å²) in [5, 5.41) is 10.1. The average Bonchev–Trinajstić information content (AvgIpc) is 2.87. The zero-order chi connectivity index (χ0) is 13.0. The minimum atomic E-state index is -0.359. The standard InChI is InChI=1S/C15H23NO2/c1-3-15(17)13-6-4-5-7-14(13)16-9-8-12(10-16)11-18-2/h4-7,12,15,17H,3,8-11H2,1-2H3/t12?,15-/m1/s1. The summed E-state index contributed by atoms with van der Waals surface area (Å²) < 4.78 is 5.23. The minimum absolute atomic E-state index is 0.359. The normalized spacial score (nSPS) is 21.3. The van der Waals surface area contributed by atoms with Crippen molar-refractivity contribution in [1.29, 1.82) is 0 Å². The van der Waals surface area contributed by atoms with Gasteiger partial charge < -0.3 is 14.7 Å². The maximum absolute atomic E-state index is 10.1. The number of nitrogens with zero attached hydrogens (tertiary/aromatic N) is 1. The van der Waals surface area contributed by atoms with E-state index in [1.807, 2.05) is 25.1 Å². The molecule has 0 saturated carbocycles. The first kappa shape index (κ1) is 13.4. The summed E-state index contributed by atoms with van der Waals surface area (Å²) in [5.41, 5.74) is 2.24. The van der Waals surface area contributed by atoms with Crippen molar-refractivity contribution in [3.8, 4) is 0 Å². The zero-order valence-electron chi connectivity index (χ0n) is 11.3. The molecule has 1 heterocycles. The Balaban J connectivity index is 2.14. The number of aliphatic hydroxyl groups excluding tert-OH is 1. The number of hydrogen-bond donors (Lipinski definition) is 1. The largest absolute Gasteiger partial charge is 0.388 e. The topological polar surface area (TPSA) is 32.7 Å². The first-order valence-corrected chi connectivity index (χ1v) is 6.77. The summed E-state index contributed by atoms with van der Waals surface area (Å²) in [4.78, 5) is 2.37. The molecule has 1 unspecified atom stereocenters. The van der Waals surface area contributed by atoms with Crippen molar-refractivity contribution in [1.82, 2.24) is 0 Å².